The number of amides is 1. The highest BCUT2D eigenvalue weighted by Crippen LogP contribution is 2.42. The number of nitrogens with zero attached hydrogens (tertiary/aromatic N) is 4. The van der Waals surface area contributed by atoms with Gasteiger partial charge in [0, 0.05) is 41.8 Å². The van der Waals surface area contributed by atoms with E-state index in [0.717, 1.165) is 48.7 Å². The van der Waals surface area contributed by atoms with Crippen LogP contribution < -0.4 is 4.90 Å². The Morgan fingerprint density at radius 1 is 0.971 bits per heavy atom. The molecule has 1 amide bonds. The van der Waals surface area contributed by atoms with Gasteiger partial charge in [-0.15, -0.1) is 11.3 Å². The third kappa shape index (κ3) is 3.86. The predicted octanol–water partition coefficient (Wildman–Crippen LogP) is 5.67. The number of carbonyl (C=O) groups excluding carboxylic acids is 1. The van der Waals surface area contributed by atoms with Crippen LogP contribution in [0.1, 0.15) is 39.1 Å². The summed E-state index contributed by atoms with van der Waals surface area (Å²) >= 11 is 1.64. The van der Waals surface area contributed by atoms with E-state index in [4.69, 9.17) is 5.10 Å². The second kappa shape index (κ2) is 8.68. The Balaban J connectivity index is 1.25. The Bertz CT molecular complexity index is 1400. The SMILES string of the molecule is Cc1cccc(N2CCN(C(=O)c3cc4c(s3)-c3c(C)nn(-c5ccccc5)c3CC4)C[C@@H]2C)c1. The Morgan fingerprint density at radius 3 is 2.54 bits per heavy atom. The highest BCUT2D eigenvalue weighted by molar-refractivity contribution is 7.17. The largest absolute Gasteiger partial charge is 0.365 e. The van der Waals surface area contributed by atoms with Crippen molar-refractivity contribution in [1.29, 1.82) is 0 Å². The van der Waals surface area contributed by atoms with E-state index in [9.17, 15) is 4.79 Å². The van der Waals surface area contributed by atoms with Crippen LogP contribution in [0.3, 0.4) is 0 Å². The van der Waals surface area contributed by atoms with E-state index in [-0.39, 0.29) is 11.9 Å². The molecule has 35 heavy (non-hydrogen) atoms. The molecule has 2 aromatic heterocycles. The third-order valence-electron chi connectivity index (χ3n) is 7.28. The van der Waals surface area contributed by atoms with Gasteiger partial charge in [-0.3, -0.25) is 4.79 Å². The summed E-state index contributed by atoms with van der Waals surface area (Å²) in [4.78, 5) is 20.1. The maximum atomic E-state index is 13.6. The minimum Gasteiger partial charge on any atom is -0.365 e. The van der Waals surface area contributed by atoms with Crippen molar-refractivity contribution in [1.82, 2.24) is 14.7 Å². The average molecular weight is 483 g/mol. The van der Waals surface area contributed by atoms with Crippen molar-refractivity contribution in [2.75, 3.05) is 24.5 Å². The molecule has 1 aliphatic heterocycles. The van der Waals surface area contributed by atoms with Gasteiger partial charge in [-0.2, -0.15) is 5.10 Å². The first-order valence-corrected chi connectivity index (χ1v) is 13.2. The lowest BCUT2D eigenvalue weighted by molar-refractivity contribution is 0.0731. The standard InChI is InChI=1S/C29H30N4OS/c1-19-8-7-11-24(16-19)32-15-14-31(18-20(32)2)29(34)26-17-22-12-13-25-27(28(22)35-26)21(3)30-33(25)23-9-5-4-6-10-23/h4-11,16-17,20H,12-15,18H2,1-3H3/t20-/m0/s1. The van der Waals surface area contributed by atoms with E-state index in [1.807, 2.05) is 11.0 Å². The number of piperazine rings is 1. The summed E-state index contributed by atoms with van der Waals surface area (Å²) in [5.41, 5.74) is 8.39. The average Bonchev–Trinajstić information content (AvgIpc) is 3.45. The molecule has 3 heterocycles. The number of aryl methyl sites for hydroxylation is 3. The quantitative estimate of drug-likeness (QED) is 0.378. The fourth-order valence-electron chi connectivity index (χ4n) is 5.56. The zero-order valence-corrected chi connectivity index (χ0v) is 21.3. The zero-order chi connectivity index (χ0) is 24.1. The van der Waals surface area contributed by atoms with Gasteiger partial charge in [0.1, 0.15) is 0 Å². The molecule has 178 valence electrons. The van der Waals surface area contributed by atoms with Gasteiger partial charge >= 0.3 is 0 Å². The number of aromatic nitrogens is 2. The molecule has 0 bridgehead atoms. The van der Waals surface area contributed by atoms with Crippen LogP contribution in [0.25, 0.3) is 16.1 Å². The molecular weight excluding hydrogens is 452 g/mol. The van der Waals surface area contributed by atoms with Crippen molar-refractivity contribution in [2.24, 2.45) is 0 Å². The lowest BCUT2D eigenvalue weighted by Gasteiger charge is -2.41. The molecular formula is C29H30N4OS. The molecule has 1 atom stereocenters. The summed E-state index contributed by atoms with van der Waals surface area (Å²) in [7, 11) is 0. The molecule has 0 N–H and O–H groups in total. The van der Waals surface area contributed by atoms with Gasteiger partial charge < -0.3 is 9.80 Å². The number of anilines is 1. The second-order valence-corrected chi connectivity index (χ2v) is 10.8. The van der Waals surface area contributed by atoms with Crippen LogP contribution in [0, 0.1) is 13.8 Å². The molecule has 2 aromatic carbocycles. The van der Waals surface area contributed by atoms with Gasteiger partial charge in [0.25, 0.3) is 5.91 Å². The number of para-hydroxylation sites is 1. The van der Waals surface area contributed by atoms with E-state index < -0.39 is 0 Å². The topological polar surface area (TPSA) is 41.4 Å². The monoisotopic (exact) mass is 482 g/mol. The maximum absolute atomic E-state index is 13.6. The number of fused-ring (bicyclic) bond motifs is 3. The Kier molecular flexibility index (Phi) is 5.49. The molecule has 0 unspecified atom stereocenters. The van der Waals surface area contributed by atoms with E-state index in [1.165, 1.54) is 32.9 Å². The summed E-state index contributed by atoms with van der Waals surface area (Å²) in [5.74, 6) is 0.162. The van der Waals surface area contributed by atoms with Crippen LogP contribution >= 0.6 is 11.3 Å². The van der Waals surface area contributed by atoms with Gasteiger partial charge in [0.2, 0.25) is 0 Å². The maximum Gasteiger partial charge on any atom is 0.264 e. The molecule has 0 saturated carbocycles. The molecule has 0 radical (unpaired) electrons. The van der Waals surface area contributed by atoms with E-state index >= 15 is 0 Å². The van der Waals surface area contributed by atoms with Crippen molar-refractivity contribution in [3.63, 3.8) is 0 Å². The number of rotatable bonds is 3. The van der Waals surface area contributed by atoms with E-state index in [2.05, 4.69) is 85.0 Å². The van der Waals surface area contributed by atoms with Crippen LogP contribution in [0.5, 0.6) is 0 Å². The third-order valence-corrected chi connectivity index (χ3v) is 8.47. The first-order chi connectivity index (χ1) is 17.0. The van der Waals surface area contributed by atoms with Crippen LogP contribution in [-0.2, 0) is 12.8 Å². The molecule has 2 aliphatic rings. The number of hydrogen-bond donors (Lipinski definition) is 0. The number of hydrogen-bond acceptors (Lipinski definition) is 4. The number of carbonyl (C=O) groups is 1. The molecule has 1 fully saturated rings. The highest BCUT2D eigenvalue weighted by atomic mass is 32.1. The minimum absolute atomic E-state index is 0.162. The van der Waals surface area contributed by atoms with Gasteiger partial charge in [-0.05, 0) is 75.1 Å². The lowest BCUT2D eigenvalue weighted by Crippen LogP contribution is -2.53. The normalized spacial score (nSPS) is 17.3. The van der Waals surface area contributed by atoms with Gasteiger partial charge in [-0.25, -0.2) is 4.68 Å². The summed E-state index contributed by atoms with van der Waals surface area (Å²) in [5, 5.41) is 4.88. The highest BCUT2D eigenvalue weighted by Gasteiger charge is 2.31. The fourth-order valence-corrected chi connectivity index (χ4v) is 6.85. The van der Waals surface area contributed by atoms with Crippen molar-refractivity contribution >= 4 is 22.9 Å². The summed E-state index contributed by atoms with van der Waals surface area (Å²) in [6.07, 6.45) is 1.89. The number of benzene rings is 2. The second-order valence-electron chi connectivity index (χ2n) is 9.75. The van der Waals surface area contributed by atoms with Crippen LogP contribution in [-0.4, -0.2) is 46.3 Å². The van der Waals surface area contributed by atoms with Crippen LogP contribution in [0.15, 0.2) is 60.7 Å². The minimum atomic E-state index is 0.162. The molecule has 4 aromatic rings. The van der Waals surface area contributed by atoms with Crippen molar-refractivity contribution in [3.8, 4) is 16.1 Å². The molecule has 1 aliphatic carbocycles. The van der Waals surface area contributed by atoms with Gasteiger partial charge in [0.05, 0.1) is 22.0 Å². The smallest absolute Gasteiger partial charge is 0.264 e. The van der Waals surface area contributed by atoms with E-state index in [0.29, 0.717) is 0 Å². The van der Waals surface area contributed by atoms with Gasteiger partial charge in [0.15, 0.2) is 0 Å². The van der Waals surface area contributed by atoms with E-state index in [1.54, 1.807) is 11.3 Å². The lowest BCUT2D eigenvalue weighted by atomic mass is 9.95. The Labute approximate surface area is 210 Å². The summed E-state index contributed by atoms with van der Waals surface area (Å²) in [6.45, 7) is 8.77. The summed E-state index contributed by atoms with van der Waals surface area (Å²) < 4.78 is 2.08. The van der Waals surface area contributed by atoms with Crippen molar-refractivity contribution < 1.29 is 4.79 Å². The Hall–Kier alpha value is -3.38. The molecule has 0 spiro atoms. The fraction of sp³-hybridized carbons (Fsp3) is 0.310. The van der Waals surface area contributed by atoms with Gasteiger partial charge in [-0.1, -0.05) is 30.3 Å². The number of thiophene rings is 1. The molecule has 5 nitrogen and oxygen atoms in total. The molecule has 1 saturated heterocycles. The van der Waals surface area contributed by atoms with Crippen LogP contribution in [0.2, 0.25) is 0 Å². The molecule has 6 rings (SSSR count). The van der Waals surface area contributed by atoms with Crippen molar-refractivity contribution in [3.05, 3.63) is 88.1 Å². The van der Waals surface area contributed by atoms with Crippen LogP contribution in [0.4, 0.5) is 5.69 Å². The Morgan fingerprint density at radius 2 is 1.77 bits per heavy atom. The molecule has 6 heteroatoms. The summed E-state index contributed by atoms with van der Waals surface area (Å²) in [6, 6.07) is 21.4. The first-order valence-electron chi connectivity index (χ1n) is 12.4. The zero-order valence-electron chi connectivity index (χ0n) is 20.5. The first kappa shape index (κ1) is 22.1. The van der Waals surface area contributed by atoms with Crippen molar-refractivity contribution in [2.45, 2.75) is 39.7 Å². The predicted molar refractivity (Wildman–Crippen MR) is 143 cm³/mol.